The lowest BCUT2D eigenvalue weighted by atomic mass is 9.91. The summed E-state index contributed by atoms with van der Waals surface area (Å²) in [4.78, 5) is 14.7. The highest BCUT2D eigenvalue weighted by Crippen LogP contribution is 2.61. The molecule has 1 saturated heterocycles. The van der Waals surface area contributed by atoms with Gasteiger partial charge in [-0.25, -0.2) is 4.79 Å². The Kier molecular flexibility index (Phi) is 4.48. The molecular formula is C18H35NO3Si. The van der Waals surface area contributed by atoms with Crippen LogP contribution in [0.25, 0.3) is 0 Å². The minimum absolute atomic E-state index is 0.107. The maximum absolute atomic E-state index is 12.8. The Labute approximate surface area is 144 Å². The van der Waals surface area contributed by atoms with E-state index in [-0.39, 0.29) is 28.2 Å². The van der Waals surface area contributed by atoms with Gasteiger partial charge < -0.3 is 9.16 Å². The third-order valence-corrected chi connectivity index (χ3v) is 6.67. The molecule has 1 aliphatic carbocycles. The average molecular weight is 342 g/mol. The van der Waals surface area contributed by atoms with Crippen LogP contribution in [0.1, 0.15) is 75.2 Å². The van der Waals surface area contributed by atoms with Crippen LogP contribution in [0.4, 0.5) is 4.79 Å². The summed E-state index contributed by atoms with van der Waals surface area (Å²) in [6.07, 6.45) is 1.93. The molecule has 0 unspecified atom stereocenters. The van der Waals surface area contributed by atoms with Crippen molar-refractivity contribution in [1.29, 1.82) is 0 Å². The molecule has 4 nitrogen and oxygen atoms in total. The molecule has 1 saturated carbocycles. The zero-order valence-electron chi connectivity index (χ0n) is 16.4. The Morgan fingerprint density at radius 2 is 1.65 bits per heavy atom. The summed E-state index contributed by atoms with van der Waals surface area (Å²) in [5, 5.41) is 0.249. The summed E-state index contributed by atoms with van der Waals surface area (Å²) in [7, 11) is -0.669. The fourth-order valence-electron chi connectivity index (χ4n) is 3.44. The van der Waals surface area contributed by atoms with Gasteiger partial charge in [0.25, 0.3) is 0 Å². The highest BCUT2D eigenvalue weighted by atomic mass is 28.2. The minimum Gasteiger partial charge on any atom is -0.444 e. The summed E-state index contributed by atoms with van der Waals surface area (Å²) in [5.74, 6) is 0. The van der Waals surface area contributed by atoms with E-state index >= 15 is 0 Å². The van der Waals surface area contributed by atoms with Crippen molar-refractivity contribution in [3.63, 3.8) is 0 Å². The number of ether oxygens (including phenoxy) is 1. The van der Waals surface area contributed by atoms with Gasteiger partial charge in [0.05, 0.1) is 11.6 Å². The average Bonchev–Trinajstić information content (AvgIpc) is 2.85. The summed E-state index contributed by atoms with van der Waals surface area (Å²) >= 11 is 0. The lowest BCUT2D eigenvalue weighted by Gasteiger charge is -2.41. The van der Waals surface area contributed by atoms with Crippen LogP contribution in [0.3, 0.4) is 0 Å². The number of likely N-dealkylation sites (tertiary alicyclic amines) is 1. The molecule has 0 spiro atoms. The maximum Gasteiger partial charge on any atom is 0.410 e. The van der Waals surface area contributed by atoms with Crippen molar-refractivity contribution in [2.75, 3.05) is 0 Å². The van der Waals surface area contributed by atoms with E-state index in [2.05, 4.69) is 41.5 Å². The van der Waals surface area contributed by atoms with Crippen LogP contribution in [0.15, 0.2) is 0 Å². The fraction of sp³-hybridized carbons (Fsp3) is 0.944. The first kappa shape index (κ1) is 18.8. The molecule has 1 heterocycles. The third kappa shape index (κ3) is 4.30. The Balaban J connectivity index is 2.14. The zero-order valence-corrected chi connectivity index (χ0v) is 17.9. The van der Waals surface area contributed by atoms with Gasteiger partial charge in [-0.05, 0) is 57.9 Å². The number of carbonyl (C=O) groups excluding carboxylic acids is 1. The van der Waals surface area contributed by atoms with Gasteiger partial charge in [-0.15, -0.1) is 0 Å². The molecule has 2 fully saturated rings. The van der Waals surface area contributed by atoms with E-state index in [1.165, 1.54) is 0 Å². The van der Waals surface area contributed by atoms with E-state index in [4.69, 9.17) is 9.16 Å². The van der Waals surface area contributed by atoms with Crippen LogP contribution in [0, 0.1) is 5.41 Å². The predicted octanol–water partition coefficient (Wildman–Crippen LogP) is 3.87. The smallest absolute Gasteiger partial charge is 0.410 e. The number of hydrogen-bond acceptors (Lipinski definition) is 3. The highest BCUT2D eigenvalue weighted by molar-refractivity contribution is 6.31. The summed E-state index contributed by atoms with van der Waals surface area (Å²) in [6, 6.07) is 0.428. The van der Waals surface area contributed by atoms with Crippen LogP contribution >= 0.6 is 0 Å². The van der Waals surface area contributed by atoms with E-state index in [1.807, 2.05) is 25.7 Å². The van der Waals surface area contributed by atoms with Crippen molar-refractivity contribution in [2.24, 2.45) is 5.41 Å². The standard InChI is InChI=1S/C18H35NO3Si/c1-15(2,3)21-14(20)19-12(10-18(9)11-13(18)19)17(7,8)22-23-16(4,5)6/h12-13H,10-11,23H2,1-9H3/t12-,13+,18-/m0/s1. The monoisotopic (exact) mass is 341 g/mol. The van der Waals surface area contributed by atoms with E-state index in [0.29, 0.717) is 6.04 Å². The van der Waals surface area contributed by atoms with Gasteiger partial charge in [-0.2, -0.15) is 0 Å². The largest absolute Gasteiger partial charge is 0.444 e. The second kappa shape index (κ2) is 5.48. The predicted molar refractivity (Wildman–Crippen MR) is 96.4 cm³/mol. The van der Waals surface area contributed by atoms with Gasteiger partial charge in [0, 0.05) is 6.04 Å². The minimum atomic E-state index is -0.669. The highest BCUT2D eigenvalue weighted by Gasteiger charge is 2.66. The first-order chi connectivity index (χ1) is 10.1. The van der Waals surface area contributed by atoms with Crippen LogP contribution < -0.4 is 0 Å². The summed E-state index contributed by atoms with van der Waals surface area (Å²) < 4.78 is 12.1. The number of fused-ring (bicyclic) bond motifs is 1. The molecule has 0 bridgehead atoms. The number of amides is 1. The Hall–Kier alpha value is -0.553. The van der Waals surface area contributed by atoms with Crippen molar-refractivity contribution < 1.29 is 14.0 Å². The van der Waals surface area contributed by atoms with E-state index in [0.717, 1.165) is 12.8 Å². The molecule has 2 aliphatic rings. The van der Waals surface area contributed by atoms with E-state index in [1.54, 1.807) is 0 Å². The molecule has 0 aromatic rings. The van der Waals surface area contributed by atoms with Crippen LogP contribution in [-0.2, 0) is 9.16 Å². The van der Waals surface area contributed by atoms with E-state index in [9.17, 15) is 4.79 Å². The van der Waals surface area contributed by atoms with Gasteiger partial charge in [-0.3, -0.25) is 4.90 Å². The molecule has 0 aromatic carbocycles. The number of nitrogens with zero attached hydrogens (tertiary/aromatic N) is 1. The number of carbonyl (C=O) groups is 1. The molecule has 23 heavy (non-hydrogen) atoms. The van der Waals surface area contributed by atoms with Crippen molar-refractivity contribution in [2.45, 2.75) is 103 Å². The third-order valence-electron chi connectivity index (χ3n) is 4.92. The quantitative estimate of drug-likeness (QED) is 0.731. The van der Waals surface area contributed by atoms with Crippen molar-refractivity contribution in [3.05, 3.63) is 0 Å². The molecule has 5 heteroatoms. The Morgan fingerprint density at radius 3 is 2.13 bits per heavy atom. The molecule has 134 valence electrons. The summed E-state index contributed by atoms with van der Waals surface area (Å²) in [5.41, 5.74) is -0.515. The van der Waals surface area contributed by atoms with Gasteiger partial charge in [-0.1, -0.05) is 27.7 Å². The van der Waals surface area contributed by atoms with Crippen LogP contribution in [0.2, 0.25) is 5.04 Å². The van der Waals surface area contributed by atoms with Gasteiger partial charge >= 0.3 is 6.09 Å². The first-order valence-corrected chi connectivity index (χ1v) is 10.1. The van der Waals surface area contributed by atoms with Crippen LogP contribution in [-0.4, -0.2) is 44.0 Å². The molecule has 0 radical (unpaired) electrons. The van der Waals surface area contributed by atoms with Crippen molar-refractivity contribution >= 4 is 15.9 Å². The molecule has 1 amide bonds. The molecular weight excluding hydrogens is 306 g/mol. The molecule has 0 aromatic heterocycles. The van der Waals surface area contributed by atoms with Crippen LogP contribution in [0.5, 0.6) is 0 Å². The number of rotatable bonds is 3. The van der Waals surface area contributed by atoms with E-state index < -0.39 is 15.4 Å². The van der Waals surface area contributed by atoms with Crippen molar-refractivity contribution in [3.8, 4) is 0 Å². The first-order valence-electron chi connectivity index (χ1n) is 8.80. The lowest BCUT2D eigenvalue weighted by Crippen LogP contribution is -2.53. The SMILES string of the molecule is CC(C)(C)OC(=O)N1[C@H](C(C)(C)O[SiH2]C(C)(C)C)C[C@@]2(C)C[C@@H]12. The molecule has 1 aliphatic heterocycles. The fourth-order valence-corrected chi connectivity index (χ4v) is 4.44. The second-order valence-corrected chi connectivity index (χ2v) is 13.1. The molecule has 2 rings (SSSR count). The molecule has 3 atom stereocenters. The maximum atomic E-state index is 12.8. The second-order valence-electron chi connectivity index (χ2n) is 10.4. The van der Waals surface area contributed by atoms with Gasteiger partial charge in [0.15, 0.2) is 9.76 Å². The Morgan fingerprint density at radius 1 is 1.09 bits per heavy atom. The van der Waals surface area contributed by atoms with Crippen molar-refractivity contribution in [1.82, 2.24) is 4.90 Å². The summed E-state index contributed by atoms with van der Waals surface area (Å²) in [6.45, 7) is 19.0. The van der Waals surface area contributed by atoms with Gasteiger partial charge in [0.2, 0.25) is 0 Å². The topological polar surface area (TPSA) is 38.8 Å². The number of hydrogen-bond donors (Lipinski definition) is 0. The lowest BCUT2D eigenvalue weighted by molar-refractivity contribution is -0.0207. The normalized spacial score (nSPS) is 31.6. The zero-order chi connectivity index (χ0) is 17.8. The molecule has 0 N–H and O–H groups in total. The van der Waals surface area contributed by atoms with Gasteiger partial charge in [0.1, 0.15) is 5.60 Å². The number of piperidine rings is 1. The Bertz CT molecular complexity index is 478.